The van der Waals surface area contributed by atoms with Gasteiger partial charge in [0.05, 0.1) is 17.0 Å². The number of carbonyl (C=O) groups is 1. The molecule has 30 heavy (non-hydrogen) atoms. The maximum atomic E-state index is 13.2. The predicted octanol–water partition coefficient (Wildman–Crippen LogP) is 5.97. The molecule has 1 atom stereocenters. The van der Waals surface area contributed by atoms with Crippen molar-refractivity contribution >= 4 is 11.7 Å². The second-order valence-electron chi connectivity index (χ2n) is 9.45. The van der Waals surface area contributed by atoms with Crippen LogP contribution < -0.4 is 4.90 Å². The lowest BCUT2D eigenvalue weighted by Crippen LogP contribution is -2.38. The summed E-state index contributed by atoms with van der Waals surface area (Å²) < 4.78 is 39.7. The summed E-state index contributed by atoms with van der Waals surface area (Å²) in [5, 5.41) is 9.49. The molecule has 0 saturated heterocycles. The largest absolute Gasteiger partial charge is 0.481 e. The van der Waals surface area contributed by atoms with Crippen LogP contribution in [0, 0.1) is 5.41 Å². The standard InChI is InChI=1S/C24H26F3NO2/c1-22(2)14-20(28(3)19-8-7-17(12-18(19)22)24(25,26)27)16-6-4-5-15(11-16)13-23(9-10-23)21(29)30/h4-8,11-12,20H,9-10,13-14H2,1-3H3,(H,29,30). The van der Waals surface area contributed by atoms with Crippen molar-refractivity contribution in [3.05, 3.63) is 64.7 Å². The van der Waals surface area contributed by atoms with Crippen LogP contribution in [0.5, 0.6) is 0 Å². The molecular weight excluding hydrogens is 391 g/mol. The van der Waals surface area contributed by atoms with E-state index in [0.29, 0.717) is 31.2 Å². The molecule has 1 fully saturated rings. The van der Waals surface area contributed by atoms with E-state index in [1.54, 1.807) is 6.07 Å². The fourth-order valence-electron chi connectivity index (χ4n) is 4.72. The number of hydrogen-bond acceptors (Lipinski definition) is 2. The van der Waals surface area contributed by atoms with E-state index in [4.69, 9.17) is 0 Å². The molecule has 1 N–H and O–H groups in total. The Morgan fingerprint density at radius 3 is 2.47 bits per heavy atom. The fourth-order valence-corrected chi connectivity index (χ4v) is 4.72. The van der Waals surface area contributed by atoms with Gasteiger partial charge in [-0.2, -0.15) is 13.2 Å². The van der Waals surface area contributed by atoms with E-state index in [9.17, 15) is 23.1 Å². The van der Waals surface area contributed by atoms with Gasteiger partial charge in [-0.1, -0.05) is 38.1 Å². The number of anilines is 1. The number of benzene rings is 2. The quantitative estimate of drug-likeness (QED) is 0.666. The van der Waals surface area contributed by atoms with Crippen LogP contribution in [0.1, 0.15) is 61.4 Å². The Labute approximate surface area is 174 Å². The molecule has 2 aliphatic rings. The molecule has 6 heteroatoms. The molecule has 3 nitrogen and oxygen atoms in total. The van der Waals surface area contributed by atoms with Gasteiger partial charge in [-0.3, -0.25) is 4.79 Å². The summed E-state index contributed by atoms with van der Waals surface area (Å²) in [6.45, 7) is 3.97. The molecule has 2 aromatic rings. The van der Waals surface area contributed by atoms with Crippen LogP contribution in [-0.2, 0) is 22.8 Å². The first-order valence-electron chi connectivity index (χ1n) is 10.2. The lowest BCUT2D eigenvalue weighted by molar-refractivity contribution is -0.143. The third kappa shape index (κ3) is 3.57. The average Bonchev–Trinajstić information content (AvgIpc) is 3.45. The normalized spacial score (nSPS) is 21.8. The molecule has 1 aliphatic carbocycles. The minimum atomic E-state index is -4.36. The highest BCUT2D eigenvalue weighted by atomic mass is 19.4. The highest BCUT2D eigenvalue weighted by Crippen LogP contribution is 2.50. The number of alkyl halides is 3. The van der Waals surface area contributed by atoms with Crippen LogP contribution in [0.15, 0.2) is 42.5 Å². The van der Waals surface area contributed by atoms with Crippen LogP contribution in [0.25, 0.3) is 0 Å². The first kappa shape index (κ1) is 20.8. The van der Waals surface area contributed by atoms with Crippen molar-refractivity contribution in [2.45, 2.75) is 57.2 Å². The minimum absolute atomic E-state index is 0.00386. The van der Waals surface area contributed by atoms with Gasteiger partial charge in [0.25, 0.3) is 0 Å². The second kappa shape index (κ2) is 6.76. The van der Waals surface area contributed by atoms with E-state index in [1.807, 2.05) is 44.0 Å². The van der Waals surface area contributed by atoms with Gasteiger partial charge in [-0.25, -0.2) is 0 Å². The van der Waals surface area contributed by atoms with Gasteiger partial charge >= 0.3 is 12.1 Å². The van der Waals surface area contributed by atoms with E-state index in [2.05, 4.69) is 6.07 Å². The summed E-state index contributed by atoms with van der Waals surface area (Å²) in [7, 11) is 1.91. The molecule has 160 valence electrons. The Balaban J connectivity index is 1.67. The number of hydrogen-bond donors (Lipinski definition) is 1. The third-order valence-corrected chi connectivity index (χ3v) is 6.79. The second-order valence-corrected chi connectivity index (χ2v) is 9.45. The highest BCUT2D eigenvalue weighted by Gasteiger charge is 2.50. The van der Waals surface area contributed by atoms with E-state index in [0.717, 1.165) is 22.9 Å². The van der Waals surface area contributed by atoms with Gasteiger partial charge in [-0.15, -0.1) is 0 Å². The smallest absolute Gasteiger partial charge is 0.416 e. The Hall–Kier alpha value is -2.50. The molecule has 0 aromatic heterocycles. The fraction of sp³-hybridized carbons (Fsp3) is 0.458. The Kier molecular flexibility index (Phi) is 4.68. The molecule has 2 aromatic carbocycles. The van der Waals surface area contributed by atoms with Gasteiger partial charge in [0.2, 0.25) is 0 Å². The molecule has 0 radical (unpaired) electrons. The molecular formula is C24H26F3NO2. The lowest BCUT2D eigenvalue weighted by Gasteiger charge is -2.45. The van der Waals surface area contributed by atoms with Crippen molar-refractivity contribution < 1.29 is 23.1 Å². The zero-order valence-electron chi connectivity index (χ0n) is 17.4. The van der Waals surface area contributed by atoms with Gasteiger partial charge < -0.3 is 10.0 Å². The van der Waals surface area contributed by atoms with Crippen molar-refractivity contribution in [2.24, 2.45) is 5.41 Å². The summed E-state index contributed by atoms with van der Waals surface area (Å²) in [6.07, 6.45) is -1.76. The molecule has 1 heterocycles. The van der Waals surface area contributed by atoms with Crippen LogP contribution in [-0.4, -0.2) is 18.1 Å². The number of aliphatic carboxylic acids is 1. The van der Waals surface area contributed by atoms with Gasteiger partial charge in [0, 0.05) is 12.7 Å². The van der Waals surface area contributed by atoms with E-state index in [1.165, 1.54) is 6.07 Å². The topological polar surface area (TPSA) is 40.5 Å². The van der Waals surface area contributed by atoms with Crippen molar-refractivity contribution in [3.63, 3.8) is 0 Å². The number of carboxylic acid groups (broad SMARTS) is 1. The van der Waals surface area contributed by atoms with Crippen LogP contribution in [0.3, 0.4) is 0 Å². The predicted molar refractivity (Wildman–Crippen MR) is 110 cm³/mol. The van der Waals surface area contributed by atoms with Crippen molar-refractivity contribution in [1.82, 2.24) is 0 Å². The van der Waals surface area contributed by atoms with Crippen molar-refractivity contribution in [2.75, 3.05) is 11.9 Å². The maximum absolute atomic E-state index is 13.2. The number of halogens is 3. The molecule has 1 unspecified atom stereocenters. The first-order valence-corrected chi connectivity index (χ1v) is 10.2. The van der Waals surface area contributed by atoms with Crippen molar-refractivity contribution in [1.29, 1.82) is 0 Å². The maximum Gasteiger partial charge on any atom is 0.416 e. The zero-order valence-corrected chi connectivity index (χ0v) is 17.4. The molecule has 4 rings (SSSR count). The summed E-state index contributed by atoms with van der Waals surface area (Å²) in [4.78, 5) is 13.6. The van der Waals surface area contributed by atoms with Gasteiger partial charge in [-0.05, 0) is 66.0 Å². The third-order valence-electron chi connectivity index (χ3n) is 6.79. The lowest BCUT2D eigenvalue weighted by atomic mass is 9.72. The van der Waals surface area contributed by atoms with E-state index >= 15 is 0 Å². The minimum Gasteiger partial charge on any atom is -0.481 e. The van der Waals surface area contributed by atoms with Crippen LogP contribution in [0.2, 0.25) is 0 Å². The van der Waals surface area contributed by atoms with E-state index in [-0.39, 0.29) is 6.04 Å². The molecule has 0 spiro atoms. The summed E-state index contributed by atoms with van der Waals surface area (Å²) in [6, 6.07) is 12.0. The number of rotatable bonds is 4. The average molecular weight is 417 g/mol. The molecule has 1 saturated carbocycles. The van der Waals surface area contributed by atoms with Gasteiger partial charge in [0.15, 0.2) is 0 Å². The summed E-state index contributed by atoms with van der Waals surface area (Å²) in [5.41, 5.74) is 1.89. The molecule has 0 amide bonds. The summed E-state index contributed by atoms with van der Waals surface area (Å²) >= 11 is 0. The Bertz CT molecular complexity index is 992. The highest BCUT2D eigenvalue weighted by molar-refractivity contribution is 5.78. The molecule has 1 aliphatic heterocycles. The summed E-state index contributed by atoms with van der Waals surface area (Å²) in [5.74, 6) is -0.738. The van der Waals surface area contributed by atoms with Crippen LogP contribution >= 0.6 is 0 Å². The van der Waals surface area contributed by atoms with Gasteiger partial charge in [0.1, 0.15) is 0 Å². The number of carboxylic acids is 1. The number of nitrogens with zero attached hydrogens (tertiary/aromatic N) is 1. The Morgan fingerprint density at radius 1 is 1.17 bits per heavy atom. The molecule has 0 bridgehead atoms. The number of fused-ring (bicyclic) bond motifs is 1. The van der Waals surface area contributed by atoms with E-state index < -0.39 is 28.5 Å². The Morgan fingerprint density at radius 2 is 1.87 bits per heavy atom. The SMILES string of the molecule is CN1c2ccc(C(F)(F)F)cc2C(C)(C)CC1c1cccc(CC2(C(=O)O)CC2)c1. The zero-order chi connectivity index (χ0) is 21.9. The monoisotopic (exact) mass is 417 g/mol. The van der Waals surface area contributed by atoms with Crippen molar-refractivity contribution in [3.8, 4) is 0 Å². The van der Waals surface area contributed by atoms with Crippen LogP contribution in [0.4, 0.5) is 18.9 Å². The first-order chi connectivity index (χ1) is 13.9.